The van der Waals surface area contributed by atoms with Gasteiger partial charge >= 0.3 is 0 Å². The molecule has 0 fully saturated rings. The minimum Gasteiger partial charge on any atom is -0.454 e. The zero-order chi connectivity index (χ0) is 55.7. The molecule has 3 heteroatoms. The summed E-state index contributed by atoms with van der Waals surface area (Å²) in [5, 5.41) is -0.956. The van der Waals surface area contributed by atoms with Gasteiger partial charge in [-0.25, -0.2) is 0 Å². The number of aromatic nitrogens is 2. The van der Waals surface area contributed by atoms with Crippen molar-refractivity contribution in [2.24, 2.45) is 0 Å². The second-order valence-corrected chi connectivity index (χ2v) is 13.3. The fourth-order valence-electron chi connectivity index (χ4n) is 7.78. The molecule has 0 aliphatic carbocycles. The van der Waals surface area contributed by atoms with Gasteiger partial charge in [0, 0.05) is 43.6 Å². The van der Waals surface area contributed by atoms with Crippen molar-refractivity contribution in [3.63, 3.8) is 0 Å². The molecule has 0 N–H and O–H groups in total. The predicted molar refractivity (Wildman–Crippen MR) is 239 cm³/mol. The van der Waals surface area contributed by atoms with E-state index >= 15 is 0 Å². The van der Waals surface area contributed by atoms with Crippen LogP contribution in [0.4, 0.5) is 0 Å². The molecular formula is C54H34N2O. The van der Waals surface area contributed by atoms with Gasteiger partial charge in [0.25, 0.3) is 0 Å². The Morgan fingerprint density at radius 3 is 2.14 bits per heavy atom. The van der Waals surface area contributed by atoms with E-state index in [4.69, 9.17) is 19.5 Å². The van der Waals surface area contributed by atoms with E-state index in [1.165, 1.54) is 21.3 Å². The van der Waals surface area contributed by atoms with Crippen molar-refractivity contribution in [2.75, 3.05) is 0 Å². The smallest absolute Gasteiger partial charge is 0.159 e. The third-order valence-electron chi connectivity index (χ3n) is 10.2. The SMILES string of the molecule is [2H]c1cc2c(oc3c([2H])c([2H])c([2H])c(-c4c([2H])c([2H])c([2H])c([2H])c4[2H])c32)c(-n2c3cc([2H])c([2H])c([2H])c3c3c([2H])c(-c4c([2H])c([2H])c([2H])c5c6c([2H])c([2H])cc([2H])c6n(-c6cccc(-c7ccccc7)c6)c45)cc([2H])c32)c1[2H]. The summed E-state index contributed by atoms with van der Waals surface area (Å²) in [6.45, 7) is 0. The Balaban J connectivity index is 1.25. The summed E-state index contributed by atoms with van der Waals surface area (Å²) in [5.74, 6) is 0. The molecule has 0 unspecified atom stereocenters. The maximum atomic E-state index is 10.2. The van der Waals surface area contributed by atoms with Crippen molar-refractivity contribution in [2.45, 2.75) is 0 Å². The Hall–Kier alpha value is -7.62. The number of rotatable bonds is 5. The van der Waals surface area contributed by atoms with E-state index in [0.717, 1.165) is 17.7 Å². The van der Waals surface area contributed by atoms with Gasteiger partial charge in [0.05, 0.1) is 56.5 Å². The van der Waals surface area contributed by atoms with Crippen LogP contribution in [0, 0.1) is 0 Å². The first kappa shape index (κ1) is 17.5. The fourth-order valence-corrected chi connectivity index (χ4v) is 7.78. The van der Waals surface area contributed by atoms with Crippen LogP contribution in [0.3, 0.4) is 0 Å². The van der Waals surface area contributed by atoms with E-state index < -0.39 is 125 Å². The van der Waals surface area contributed by atoms with Gasteiger partial charge in [0.15, 0.2) is 5.58 Å². The van der Waals surface area contributed by atoms with Crippen molar-refractivity contribution >= 4 is 65.6 Å². The number of hydrogen-bond acceptors (Lipinski definition) is 1. The molecule has 0 atom stereocenters. The molecular weight excluding hydrogens is 693 g/mol. The summed E-state index contributed by atoms with van der Waals surface area (Å²) >= 11 is 0. The zero-order valence-corrected chi connectivity index (χ0v) is 29.3. The van der Waals surface area contributed by atoms with Crippen LogP contribution in [-0.4, -0.2) is 9.13 Å². The third kappa shape index (κ3) is 4.79. The van der Waals surface area contributed by atoms with E-state index in [0.29, 0.717) is 11.3 Å². The summed E-state index contributed by atoms with van der Waals surface area (Å²) in [6.07, 6.45) is 0. The van der Waals surface area contributed by atoms with Crippen LogP contribution in [0.5, 0.6) is 0 Å². The van der Waals surface area contributed by atoms with E-state index in [-0.39, 0.29) is 94.9 Å². The highest BCUT2D eigenvalue weighted by molar-refractivity contribution is 6.18. The molecule has 12 rings (SSSR count). The Morgan fingerprint density at radius 2 is 1.21 bits per heavy atom. The molecule has 0 amide bonds. The van der Waals surface area contributed by atoms with Crippen molar-refractivity contribution < 1.29 is 33.2 Å². The first-order chi connectivity index (χ1) is 37.0. The highest BCUT2D eigenvalue weighted by atomic mass is 16.3. The molecule has 9 aromatic carbocycles. The maximum Gasteiger partial charge on any atom is 0.159 e. The van der Waals surface area contributed by atoms with Gasteiger partial charge in [0.2, 0.25) is 0 Å². The van der Waals surface area contributed by atoms with Crippen LogP contribution < -0.4 is 0 Å². The fraction of sp³-hybridized carbons (Fsp3) is 0. The molecule has 0 aliphatic rings. The summed E-state index contributed by atoms with van der Waals surface area (Å²) in [5.41, 5.74) is -0.954. The molecule has 0 saturated carbocycles. The summed E-state index contributed by atoms with van der Waals surface area (Å²) in [6, 6.07) is 8.60. The van der Waals surface area contributed by atoms with Crippen molar-refractivity contribution in [1.29, 1.82) is 0 Å². The van der Waals surface area contributed by atoms with E-state index in [2.05, 4.69) is 0 Å². The monoisotopic (exact) mass is 747 g/mol. The van der Waals surface area contributed by atoms with Gasteiger partial charge in [-0.1, -0.05) is 157 Å². The molecule has 0 spiro atoms. The average Bonchev–Trinajstić information content (AvgIpc) is 2.98. The van der Waals surface area contributed by atoms with Crippen LogP contribution in [0.15, 0.2) is 210 Å². The van der Waals surface area contributed by atoms with Gasteiger partial charge in [0.1, 0.15) is 5.58 Å². The van der Waals surface area contributed by atoms with Gasteiger partial charge in [-0.15, -0.1) is 0 Å². The summed E-state index contributed by atoms with van der Waals surface area (Å²) in [4.78, 5) is 0. The first-order valence-electron chi connectivity index (χ1n) is 28.3. The molecule has 3 nitrogen and oxygen atoms in total. The molecule has 3 aromatic heterocycles. The van der Waals surface area contributed by atoms with Gasteiger partial charge < -0.3 is 13.6 Å². The standard InChI is InChI=1S/C54H34N2O/c1-3-15-35(16-4-1)37-19-11-20-39(33-37)55-47-27-9-7-21-42(47)44-25-12-24-41(53(44)55)38-31-32-49-46(34-38)43-22-8-10-28-48(43)56(49)50-29-13-26-45-52-40(36-17-5-2-6-18-36)23-14-30-51(52)57-54(45)50/h1-34H/i2D,5D,6D,7D,8D,10D,12D,13D,14D,17D,18D,21D,22D,23D,24D,25D,27D,29D,30D,32D,34D. The number of nitrogens with zero attached hydrogens (tertiary/aromatic N) is 2. The number of furan rings is 1. The Morgan fingerprint density at radius 1 is 0.421 bits per heavy atom. The van der Waals surface area contributed by atoms with Crippen molar-refractivity contribution in [3.8, 4) is 44.8 Å². The van der Waals surface area contributed by atoms with Crippen LogP contribution in [-0.2, 0) is 0 Å². The Bertz CT molecular complexity index is 4720. The van der Waals surface area contributed by atoms with E-state index in [1.807, 2.05) is 36.4 Å². The molecule has 0 bridgehead atoms. The van der Waals surface area contributed by atoms with Gasteiger partial charge in [-0.2, -0.15) is 0 Å². The second-order valence-electron chi connectivity index (χ2n) is 13.3. The minimum atomic E-state index is -0.760. The van der Waals surface area contributed by atoms with Gasteiger partial charge in [-0.05, 0) is 76.2 Å². The lowest BCUT2D eigenvalue weighted by atomic mass is 9.99. The lowest BCUT2D eigenvalue weighted by molar-refractivity contribution is 0.666. The Kier molecular flexibility index (Phi) is 3.81. The van der Waals surface area contributed by atoms with E-state index in [1.54, 1.807) is 18.2 Å². The van der Waals surface area contributed by atoms with E-state index in [9.17, 15) is 13.7 Å². The number of benzene rings is 9. The average molecular weight is 748 g/mol. The first-order valence-corrected chi connectivity index (χ1v) is 17.8. The molecule has 266 valence electrons. The third-order valence-corrected chi connectivity index (χ3v) is 10.2. The van der Waals surface area contributed by atoms with Crippen LogP contribution in [0.2, 0.25) is 0 Å². The lowest BCUT2D eigenvalue weighted by Crippen LogP contribution is -1.96. The largest absolute Gasteiger partial charge is 0.454 e. The summed E-state index contributed by atoms with van der Waals surface area (Å²) < 4.78 is 200. The zero-order valence-electron chi connectivity index (χ0n) is 50.3. The second kappa shape index (κ2) is 12.5. The number of para-hydroxylation sites is 4. The number of hydrogen-bond donors (Lipinski definition) is 0. The highest BCUT2D eigenvalue weighted by Gasteiger charge is 2.21. The molecule has 0 saturated heterocycles. The molecule has 0 aliphatic heterocycles. The molecule has 12 aromatic rings. The number of fused-ring (bicyclic) bond motifs is 9. The maximum absolute atomic E-state index is 10.2. The lowest BCUT2D eigenvalue weighted by Gasteiger charge is -2.14. The van der Waals surface area contributed by atoms with Crippen LogP contribution in [0.1, 0.15) is 28.8 Å². The van der Waals surface area contributed by atoms with Crippen LogP contribution >= 0.6 is 0 Å². The summed E-state index contributed by atoms with van der Waals surface area (Å²) in [7, 11) is 0. The molecule has 3 heterocycles. The quantitative estimate of drug-likeness (QED) is 0.172. The van der Waals surface area contributed by atoms with Crippen molar-refractivity contribution in [3.05, 3.63) is 206 Å². The highest BCUT2D eigenvalue weighted by Crippen LogP contribution is 2.44. The van der Waals surface area contributed by atoms with Crippen LogP contribution in [0.25, 0.3) is 110 Å². The molecule has 0 radical (unpaired) electrons. The normalized spacial score (nSPS) is 17.0. The Labute approximate surface area is 358 Å². The minimum absolute atomic E-state index is 0.0199. The molecule has 57 heavy (non-hydrogen) atoms. The predicted octanol–water partition coefficient (Wildman–Crippen LogP) is 14.8. The van der Waals surface area contributed by atoms with Gasteiger partial charge in [-0.3, -0.25) is 0 Å². The topological polar surface area (TPSA) is 23.0 Å². The van der Waals surface area contributed by atoms with Crippen molar-refractivity contribution in [1.82, 2.24) is 9.13 Å².